The number of benzene rings is 12. The van der Waals surface area contributed by atoms with Crippen molar-refractivity contribution < 1.29 is 19.2 Å². The van der Waals surface area contributed by atoms with Crippen molar-refractivity contribution in [2.24, 2.45) is 83.8 Å². The van der Waals surface area contributed by atoms with Crippen LogP contribution >= 0.6 is 46.4 Å². The Kier molecular flexibility index (Phi) is 43.7. The first-order valence-electron chi connectivity index (χ1n) is 38.4. The number of carbonyl (C=O) groups excluding carboxylic acids is 4. The molecule has 0 saturated heterocycles. The normalized spacial score (nSPS) is 12.3. The molecule has 0 fully saturated rings. The van der Waals surface area contributed by atoms with Crippen LogP contribution in [0.25, 0.3) is 0 Å². The predicted molar refractivity (Wildman–Crippen MR) is 522 cm³/mol. The third-order valence-corrected chi connectivity index (χ3v) is 19.0. The van der Waals surface area contributed by atoms with Gasteiger partial charge < -0.3 is 44.2 Å². The molecule has 28 heteroatoms. The van der Waals surface area contributed by atoms with Gasteiger partial charge in [-0.25, -0.2) is 0 Å². The summed E-state index contributed by atoms with van der Waals surface area (Å²) in [7, 11) is 0. The van der Waals surface area contributed by atoms with E-state index < -0.39 is 47.8 Å². The average molecular weight is 1770 g/mol. The van der Waals surface area contributed by atoms with Gasteiger partial charge in [-0.1, -0.05) is 268 Å². The largest absolute Gasteiger partial charge is 0.385 e. The molecule has 126 heavy (non-hydrogen) atoms. The van der Waals surface area contributed by atoms with Crippen molar-refractivity contribution in [1.29, 1.82) is 0 Å². The van der Waals surface area contributed by atoms with Crippen molar-refractivity contribution in [2.45, 2.75) is 122 Å². The van der Waals surface area contributed by atoms with Gasteiger partial charge in [0.15, 0.2) is 0 Å². The standard InChI is InChI=1S/2C24H24ClN5O.2C23H22ClN5O.4CH4/c1-16-8-11-20(12-9-16)29-30-22(24(31)28-19-6-4-3-5-7-19)23(26)27-15-18-10-13-21(25)17(2)14-18;1-16-8-10-18(11-9-16)15-27-23(26)22(24(31)28-19-6-4-3-5-7-19)30-29-20-12-13-21(25)17(2)14-20;1-16-7-13-20(14-8-16)28-29-21(23(30)27-19-5-3-2-4-6-19)22(25)26-15-17-9-11-18(24)12-10-17;1-16-7-9-17(10-8-16)15-26-22(25)21(23(30)27-19-5-3-2-4-6-19)29-28-20-13-11-18(24)12-14-20;;;;/h2*3-14,22H,15H2,1-2H3,(H2,26,27)(H,28,31);2*2-14,21H,15H2,1H3,(H2,25,26)(H,27,30);4*1H4. The van der Waals surface area contributed by atoms with Crippen LogP contribution in [0.4, 0.5) is 45.5 Å². The van der Waals surface area contributed by atoms with Gasteiger partial charge in [0.25, 0.3) is 23.6 Å². The van der Waals surface area contributed by atoms with Crippen molar-refractivity contribution in [2.75, 3.05) is 21.3 Å². The number of anilines is 4. The zero-order valence-corrected chi connectivity index (χ0v) is 70.8. The minimum atomic E-state index is -1.07. The third-order valence-electron chi connectivity index (χ3n) is 17.6. The molecule has 0 saturated carbocycles. The van der Waals surface area contributed by atoms with Crippen LogP contribution in [0.5, 0.6) is 0 Å². The fourth-order valence-corrected chi connectivity index (χ4v) is 11.2. The topological polar surface area (TPSA) is 369 Å². The number of halogens is 4. The average Bonchev–Trinajstić information content (AvgIpc) is 0.863. The van der Waals surface area contributed by atoms with E-state index in [0.717, 1.165) is 55.6 Å². The zero-order valence-electron chi connectivity index (χ0n) is 67.8. The third kappa shape index (κ3) is 35.4. The summed E-state index contributed by atoms with van der Waals surface area (Å²) in [5.41, 5.74) is 39.8. The minimum absolute atomic E-state index is 0. The van der Waals surface area contributed by atoms with E-state index in [1.165, 1.54) is 0 Å². The number of nitrogens with one attached hydrogen (secondary N) is 4. The van der Waals surface area contributed by atoms with Gasteiger partial charge in [0.05, 0.1) is 48.9 Å². The Morgan fingerprint density at radius 1 is 0.270 bits per heavy atom. The first-order chi connectivity index (χ1) is 58.9. The Hall–Kier alpha value is -14.0. The first-order valence-corrected chi connectivity index (χ1v) is 39.9. The molecule has 0 bridgehead atoms. The summed E-state index contributed by atoms with van der Waals surface area (Å²) in [6, 6.07) is 88.0. The molecule has 0 radical (unpaired) electrons. The number of aryl methyl sites for hydroxylation is 6. The van der Waals surface area contributed by atoms with Gasteiger partial charge in [-0.2, -0.15) is 40.9 Å². The fraction of sp³-hybridized carbons (Fsp3) is 0.184. The van der Waals surface area contributed by atoms with Crippen LogP contribution in [0.15, 0.2) is 364 Å². The van der Waals surface area contributed by atoms with Crippen LogP contribution < -0.4 is 44.2 Å². The molecular formula is C98H108Cl4N20O4. The summed E-state index contributed by atoms with van der Waals surface area (Å²) >= 11 is 24.0. The van der Waals surface area contributed by atoms with Crippen LogP contribution in [0.1, 0.15) is 85.3 Å². The maximum absolute atomic E-state index is 12.9. The van der Waals surface area contributed by atoms with Crippen LogP contribution in [0.3, 0.4) is 0 Å². The SMILES string of the molecule is C.C.C.C.Cc1ccc(CN=C(N)C(N=Nc2ccc(Cl)c(C)c2)C(=O)Nc2ccccc2)cc1.Cc1ccc(CN=C(N)C(N=Nc2ccc(Cl)cc2)C(=O)Nc2ccccc2)cc1.Cc1ccc(N=NC(C(=O)Nc2ccccc2)C(N)=NCc2ccc(Cl)c(C)c2)cc1.Cc1ccc(N=NC(C(=O)Nc2ccccc2)C(N)=NCc2ccc(Cl)cc2)cc1. The van der Waals surface area contributed by atoms with Gasteiger partial charge in [-0.3, -0.25) is 39.1 Å². The maximum atomic E-state index is 12.9. The van der Waals surface area contributed by atoms with Crippen molar-refractivity contribution in [1.82, 2.24) is 0 Å². The first kappa shape index (κ1) is 103. The second-order valence-corrected chi connectivity index (χ2v) is 29.3. The summed E-state index contributed by atoms with van der Waals surface area (Å²) in [6.45, 7) is 13.1. The van der Waals surface area contributed by atoms with Crippen molar-refractivity contribution >= 4 is 139 Å². The van der Waals surface area contributed by atoms with Gasteiger partial charge in [0.1, 0.15) is 23.3 Å². The summed E-state index contributed by atoms with van der Waals surface area (Å²) in [5.74, 6) is -1.31. The number of amides is 4. The van der Waals surface area contributed by atoms with Crippen molar-refractivity contribution in [3.63, 3.8) is 0 Å². The zero-order chi connectivity index (χ0) is 87.1. The van der Waals surface area contributed by atoms with Gasteiger partial charge in [-0.15, -0.1) is 0 Å². The summed E-state index contributed by atoms with van der Waals surface area (Å²) in [6.07, 6.45) is 0. The quantitative estimate of drug-likeness (QED) is 0.0132. The second kappa shape index (κ2) is 53.8. The number of carbonyl (C=O) groups is 4. The Morgan fingerprint density at radius 2 is 0.484 bits per heavy atom. The summed E-state index contributed by atoms with van der Waals surface area (Å²) in [4.78, 5) is 69.0. The number of hydrogen-bond donors (Lipinski definition) is 8. The van der Waals surface area contributed by atoms with E-state index in [0.29, 0.717) is 91.8 Å². The van der Waals surface area contributed by atoms with Gasteiger partial charge in [0, 0.05) is 42.8 Å². The number of azo groups is 4. The van der Waals surface area contributed by atoms with Crippen LogP contribution in [-0.4, -0.2) is 71.1 Å². The number of rotatable bonds is 28. The molecule has 0 aliphatic carbocycles. The number of hydrogen-bond acceptors (Lipinski definition) is 16. The number of nitrogens with two attached hydrogens (primary N) is 4. The minimum Gasteiger partial charge on any atom is -0.385 e. The van der Waals surface area contributed by atoms with Crippen LogP contribution in [0.2, 0.25) is 20.1 Å². The van der Waals surface area contributed by atoms with Gasteiger partial charge >= 0.3 is 0 Å². The smallest absolute Gasteiger partial charge is 0.258 e. The van der Waals surface area contributed by atoms with Crippen molar-refractivity contribution in [3.05, 3.63) is 379 Å². The lowest BCUT2D eigenvalue weighted by atomic mass is 10.1. The highest BCUT2D eigenvalue weighted by molar-refractivity contribution is 6.32. The molecule has 0 heterocycles. The van der Waals surface area contributed by atoms with E-state index in [9.17, 15) is 19.2 Å². The molecule has 0 spiro atoms. The number of nitrogens with zero attached hydrogens (tertiary/aromatic N) is 12. The lowest BCUT2D eigenvalue weighted by molar-refractivity contribution is -0.116. The maximum Gasteiger partial charge on any atom is 0.258 e. The number of amidine groups is 4. The Bertz CT molecular complexity index is 5490. The van der Waals surface area contributed by atoms with E-state index in [1.54, 1.807) is 103 Å². The van der Waals surface area contributed by atoms with E-state index in [-0.39, 0.29) is 53.0 Å². The number of para-hydroxylation sites is 4. The van der Waals surface area contributed by atoms with Gasteiger partial charge in [0.2, 0.25) is 24.2 Å². The molecule has 12 aromatic rings. The number of aliphatic imine (C=N–C) groups is 4. The molecular weight excluding hydrogens is 1660 g/mol. The molecule has 0 aliphatic rings. The summed E-state index contributed by atoms with van der Waals surface area (Å²) in [5, 5.41) is 47.3. The highest BCUT2D eigenvalue weighted by Gasteiger charge is 2.27. The molecule has 0 aromatic heterocycles. The molecule has 652 valence electrons. The Balaban J connectivity index is 0.000000295. The van der Waals surface area contributed by atoms with Crippen LogP contribution in [0, 0.1) is 41.5 Å². The molecule has 4 atom stereocenters. The van der Waals surface area contributed by atoms with Crippen molar-refractivity contribution in [3.8, 4) is 0 Å². The Labute approximate surface area is 758 Å². The molecule has 4 amide bonds. The Morgan fingerprint density at radius 3 is 0.762 bits per heavy atom. The molecule has 0 aliphatic heterocycles. The van der Waals surface area contributed by atoms with E-state index in [2.05, 4.69) is 82.2 Å². The predicted octanol–water partition coefficient (Wildman–Crippen LogP) is 24.3. The van der Waals surface area contributed by atoms with E-state index >= 15 is 0 Å². The lowest BCUT2D eigenvalue weighted by Gasteiger charge is -2.12. The molecule has 4 unspecified atom stereocenters. The highest BCUT2D eigenvalue weighted by atomic mass is 35.5. The second-order valence-electron chi connectivity index (χ2n) is 27.6. The molecule has 12 aromatic carbocycles. The van der Waals surface area contributed by atoms with Gasteiger partial charge in [-0.05, 0) is 208 Å². The van der Waals surface area contributed by atoms with E-state index in [4.69, 9.17) is 69.3 Å². The molecule has 24 nitrogen and oxygen atoms in total. The molecule has 12 N–H and O–H groups in total. The van der Waals surface area contributed by atoms with Crippen LogP contribution in [-0.2, 0) is 45.4 Å². The highest BCUT2D eigenvalue weighted by Crippen LogP contribution is 2.26. The monoisotopic (exact) mass is 1770 g/mol. The molecule has 12 rings (SSSR count). The lowest BCUT2D eigenvalue weighted by Crippen LogP contribution is -2.38. The van der Waals surface area contributed by atoms with E-state index in [1.807, 2.05) is 242 Å². The fourth-order valence-electron chi connectivity index (χ4n) is 10.7. The summed E-state index contributed by atoms with van der Waals surface area (Å²) < 4.78 is 0.